The fourth-order valence-electron chi connectivity index (χ4n) is 2.67. The number of ether oxygens (including phenoxy) is 2. The van der Waals surface area contributed by atoms with Gasteiger partial charge in [-0.15, -0.1) is 0 Å². The lowest BCUT2D eigenvalue weighted by Gasteiger charge is -2.09. The third kappa shape index (κ3) is 6.21. The maximum atomic E-state index is 12.0. The van der Waals surface area contributed by atoms with Crippen molar-refractivity contribution in [2.45, 2.75) is 20.5 Å². The maximum Gasteiger partial charge on any atom is 0.277 e. The number of hydrogen-bond acceptors (Lipinski definition) is 4. The summed E-state index contributed by atoms with van der Waals surface area (Å²) in [6.45, 7) is 4.28. The largest absolute Gasteiger partial charge is 0.488 e. The van der Waals surface area contributed by atoms with E-state index in [2.05, 4.69) is 10.5 Å². The highest BCUT2D eigenvalue weighted by Gasteiger charge is 2.05. The molecule has 0 heterocycles. The van der Waals surface area contributed by atoms with Gasteiger partial charge in [0.05, 0.1) is 6.21 Å². The summed E-state index contributed by atoms with van der Waals surface area (Å²) in [6, 6.07) is 23.3. The number of amides is 1. The van der Waals surface area contributed by atoms with Crippen LogP contribution in [-0.2, 0) is 11.4 Å². The molecule has 3 aromatic rings. The zero-order valence-corrected chi connectivity index (χ0v) is 16.6. The van der Waals surface area contributed by atoms with E-state index >= 15 is 0 Å². The molecule has 0 spiro atoms. The number of hydrazone groups is 1. The van der Waals surface area contributed by atoms with Gasteiger partial charge < -0.3 is 9.47 Å². The van der Waals surface area contributed by atoms with E-state index in [0.717, 1.165) is 22.3 Å². The number of hydrogen-bond donors (Lipinski definition) is 1. The number of benzene rings is 3. The molecule has 0 atom stereocenters. The highest BCUT2D eigenvalue weighted by molar-refractivity contribution is 5.85. The van der Waals surface area contributed by atoms with Crippen LogP contribution in [0.4, 0.5) is 0 Å². The fourth-order valence-corrected chi connectivity index (χ4v) is 2.67. The Morgan fingerprint density at radius 3 is 2.52 bits per heavy atom. The van der Waals surface area contributed by atoms with Crippen molar-refractivity contribution in [3.63, 3.8) is 0 Å². The minimum absolute atomic E-state index is 0.103. The standard InChI is InChI=1S/C24H24N2O3/c1-18-12-13-19(2)23(14-18)29-17-24(27)26-25-15-21-10-6-7-11-22(21)28-16-20-8-4-3-5-9-20/h3-15H,16-17H2,1-2H3,(H,26,27)/b25-15+. The molecule has 0 bridgehead atoms. The highest BCUT2D eigenvalue weighted by Crippen LogP contribution is 2.19. The number of aryl methyl sites for hydroxylation is 2. The number of para-hydroxylation sites is 1. The molecule has 0 fully saturated rings. The molecule has 0 unspecified atom stereocenters. The van der Waals surface area contributed by atoms with Gasteiger partial charge in [0.2, 0.25) is 0 Å². The summed E-state index contributed by atoms with van der Waals surface area (Å²) in [7, 11) is 0. The van der Waals surface area contributed by atoms with Crippen molar-refractivity contribution in [2.24, 2.45) is 5.10 Å². The van der Waals surface area contributed by atoms with Gasteiger partial charge in [0, 0.05) is 5.56 Å². The van der Waals surface area contributed by atoms with Crippen molar-refractivity contribution in [3.8, 4) is 11.5 Å². The number of nitrogens with one attached hydrogen (secondary N) is 1. The molecule has 0 aliphatic heterocycles. The lowest BCUT2D eigenvalue weighted by atomic mass is 10.1. The minimum Gasteiger partial charge on any atom is -0.488 e. The number of nitrogens with zero attached hydrogens (tertiary/aromatic N) is 1. The van der Waals surface area contributed by atoms with Crippen molar-refractivity contribution in [3.05, 3.63) is 95.1 Å². The average Bonchev–Trinajstić information content (AvgIpc) is 2.74. The van der Waals surface area contributed by atoms with Crippen LogP contribution in [0.5, 0.6) is 11.5 Å². The van der Waals surface area contributed by atoms with Crippen LogP contribution in [0.2, 0.25) is 0 Å². The molecule has 0 aliphatic carbocycles. The molecule has 29 heavy (non-hydrogen) atoms. The highest BCUT2D eigenvalue weighted by atomic mass is 16.5. The van der Waals surface area contributed by atoms with Crippen LogP contribution in [-0.4, -0.2) is 18.7 Å². The van der Waals surface area contributed by atoms with Crippen LogP contribution in [0, 0.1) is 13.8 Å². The molecule has 3 rings (SSSR count). The van der Waals surface area contributed by atoms with Gasteiger partial charge >= 0.3 is 0 Å². The third-order valence-corrected chi connectivity index (χ3v) is 4.25. The predicted molar refractivity (Wildman–Crippen MR) is 114 cm³/mol. The van der Waals surface area contributed by atoms with Crippen molar-refractivity contribution in [1.82, 2.24) is 5.43 Å². The zero-order chi connectivity index (χ0) is 20.5. The number of rotatable bonds is 8. The Morgan fingerprint density at radius 1 is 0.931 bits per heavy atom. The van der Waals surface area contributed by atoms with Gasteiger partial charge in [0.15, 0.2) is 6.61 Å². The van der Waals surface area contributed by atoms with Gasteiger partial charge in [-0.25, -0.2) is 5.43 Å². The van der Waals surface area contributed by atoms with E-state index in [1.165, 1.54) is 0 Å². The van der Waals surface area contributed by atoms with E-state index in [1.54, 1.807) is 6.21 Å². The van der Waals surface area contributed by atoms with Crippen molar-refractivity contribution in [2.75, 3.05) is 6.61 Å². The maximum absolute atomic E-state index is 12.0. The third-order valence-electron chi connectivity index (χ3n) is 4.25. The molecule has 3 aromatic carbocycles. The predicted octanol–water partition coefficient (Wildman–Crippen LogP) is 4.41. The quantitative estimate of drug-likeness (QED) is 0.459. The summed E-state index contributed by atoms with van der Waals surface area (Å²) in [5, 5.41) is 4.02. The fraction of sp³-hybridized carbons (Fsp3) is 0.167. The van der Waals surface area contributed by atoms with Crippen molar-refractivity contribution in [1.29, 1.82) is 0 Å². The van der Waals surface area contributed by atoms with Gasteiger partial charge in [-0.3, -0.25) is 4.79 Å². The number of carbonyl (C=O) groups is 1. The first-order valence-corrected chi connectivity index (χ1v) is 9.39. The molecule has 5 nitrogen and oxygen atoms in total. The topological polar surface area (TPSA) is 59.9 Å². The van der Waals surface area contributed by atoms with E-state index in [1.807, 2.05) is 86.6 Å². The second kappa shape index (κ2) is 10.1. The van der Waals surface area contributed by atoms with E-state index in [4.69, 9.17) is 9.47 Å². The smallest absolute Gasteiger partial charge is 0.277 e. The lowest BCUT2D eigenvalue weighted by Crippen LogP contribution is -2.24. The van der Waals surface area contributed by atoms with Crippen LogP contribution < -0.4 is 14.9 Å². The van der Waals surface area contributed by atoms with Crippen molar-refractivity contribution >= 4 is 12.1 Å². The molecule has 0 saturated heterocycles. The Balaban J connectivity index is 1.53. The summed E-state index contributed by atoms with van der Waals surface area (Å²) >= 11 is 0. The molecular weight excluding hydrogens is 364 g/mol. The molecule has 5 heteroatoms. The molecule has 0 aliphatic rings. The van der Waals surface area contributed by atoms with E-state index in [9.17, 15) is 4.79 Å². The first-order chi connectivity index (χ1) is 14.1. The normalized spacial score (nSPS) is 10.7. The molecule has 0 radical (unpaired) electrons. The summed E-state index contributed by atoms with van der Waals surface area (Å²) < 4.78 is 11.5. The summed E-state index contributed by atoms with van der Waals surface area (Å²) in [6.07, 6.45) is 1.57. The Kier molecular flexibility index (Phi) is 7.00. The second-order valence-corrected chi connectivity index (χ2v) is 6.66. The lowest BCUT2D eigenvalue weighted by molar-refractivity contribution is -0.123. The minimum atomic E-state index is -0.329. The average molecular weight is 388 g/mol. The van der Waals surface area contributed by atoms with Crippen LogP contribution >= 0.6 is 0 Å². The molecule has 0 saturated carbocycles. The van der Waals surface area contributed by atoms with Gasteiger partial charge in [-0.1, -0.05) is 54.6 Å². The summed E-state index contributed by atoms with van der Waals surface area (Å²) in [5.74, 6) is 1.06. The summed E-state index contributed by atoms with van der Waals surface area (Å²) in [5.41, 5.74) is 6.41. The van der Waals surface area contributed by atoms with Crippen LogP contribution in [0.25, 0.3) is 0 Å². The zero-order valence-electron chi connectivity index (χ0n) is 16.6. The number of carbonyl (C=O) groups excluding carboxylic acids is 1. The Morgan fingerprint density at radius 2 is 1.69 bits per heavy atom. The molecule has 1 N–H and O–H groups in total. The Labute approximate surface area is 171 Å². The Hall–Kier alpha value is -3.60. The molecule has 1 amide bonds. The van der Waals surface area contributed by atoms with Gasteiger partial charge in [-0.05, 0) is 48.7 Å². The van der Waals surface area contributed by atoms with Crippen LogP contribution in [0.15, 0.2) is 77.9 Å². The molecular formula is C24H24N2O3. The Bertz CT molecular complexity index is 984. The van der Waals surface area contributed by atoms with Crippen LogP contribution in [0.1, 0.15) is 22.3 Å². The van der Waals surface area contributed by atoms with E-state index in [0.29, 0.717) is 18.1 Å². The van der Waals surface area contributed by atoms with E-state index < -0.39 is 0 Å². The van der Waals surface area contributed by atoms with Gasteiger partial charge in [0.1, 0.15) is 18.1 Å². The van der Waals surface area contributed by atoms with E-state index in [-0.39, 0.29) is 12.5 Å². The first-order valence-electron chi connectivity index (χ1n) is 9.39. The van der Waals surface area contributed by atoms with Crippen molar-refractivity contribution < 1.29 is 14.3 Å². The summed E-state index contributed by atoms with van der Waals surface area (Å²) in [4.78, 5) is 12.0. The first kappa shape index (κ1) is 20.1. The molecule has 0 aromatic heterocycles. The van der Waals surface area contributed by atoms with Crippen LogP contribution in [0.3, 0.4) is 0 Å². The second-order valence-electron chi connectivity index (χ2n) is 6.66. The monoisotopic (exact) mass is 388 g/mol. The van der Waals surface area contributed by atoms with Gasteiger partial charge in [-0.2, -0.15) is 5.10 Å². The molecule has 148 valence electrons. The SMILES string of the molecule is Cc1ccc(C)c(OCC(=O)N/N=C/c2ccccc2OCc2ccccc2)c1. The van der Waals surface area contributed by atoms with Gasteiger partial charge in [0.25, 0.3) is 5.91 Å².